The number of alkyl halides is 3. The molecular formula is C20H22F3NS. The van der Waals surface area contributed by atoms with Gasteiger partial charge in [-0.25, -0.2) is 0 Å². The van der Waals surface area contributed by atoms with E-state index in [-0.39, 0.29) is 0 Å². The first-order chi connectivity index (χ1) is 12.0. The molecule has 25 heavy (non-hydrogen) atoms. The van der Waals surface area contributed by atoms with E-state index in [2.05, 4.69) is 17.4 Å². The maximum Gasteiger partial charge on any atom is 0.416 e. The minimum Gasteiger partial charge on any atom is -0.310 e. The number of halogens is 3. The smallest absolute Gasteiger partial charge is 0.310 e. The van der Waals surface area contributed by atoms with Gasteiger partial charge in [0.25, 0.3) is 0 Å². The monoisotopic (exact) mass is 365 g/mol. The molecule has 0 heterocycles. The van der Waals surface area contributed by atoms with Crippen LogP contribution in [0, 0.1) is 0 Å². The molecule has 1 fully saturated rings. The largest absolute Gasteiger partial charge is 0.416 e. The lowest BCUT2D eigenvalue weighted by Crippen LogP contribution is -2.33. The molecule has 0 unspecified atom stereocenters. The Balaban J connectivity index is 1.46. The Morgan fingerprint density at radius 2 is 1.64 bits per heavy atom. The van der Waals surface area contributed by atoms with E-state index >= 15 is 0 Å². The van der Waals surface area contributed by atoms with Crippen molar-refractivity contribution in [2.45, 2.75) is 54.6 Å². The zero-order valence-electron chi connectivity index (χ0n) is 13.9. The molecule has 134 valence electrons. The van der Waals surface area contributed by atoms with Crippen LogP contribution in [0.3, 0.4) is 0 Å². The Hall–Kier alpha value is -1.46. The Morgan fingerprint density at radius 3 is 2.32 bits per heavy atom. The molecule has 1 aliphatic carbocycles. The maximum atomic E-state index is 12.8. The highest BCUT2D eigenvalue weighted by Gasteiger charge is 2.30. The number of hydrogen-bond donors (Lipinski definition) is 1. The number of hydrogen-bond acceptors (Lipinski definition) is 2. The summed E-state index contributed by atoms with van der Waals surface area (Å²) in [4.78, 5) is 0.718. The van der Waals surface area contributed by atoms with Crippen LogP contribution in [0.5, 0.6) is 0 Å². The first-order valence-electron chi connectivity index (χ1n) is 8.62. The highest BCUT2D eigenvalue weighted by molar-refractivity contribution is 8.00. The summed E-state index contributed by atoms with van der Waals surface area (Å²) in [6.07, 6.45) is -0.0523. The molecule has 1 nitrogen and oxygen atoms in total. The van der Waals surface area contributed by atoms with Crippen molar-refractivity contribution in [1.82, 2.24) is 5.32 Å². The average Bonchev–Trinajstić information content (AvgIpc) is 2.62. The van der Waals surface area contributed by atoms with E-state index in [1.54, 1.807) is 17.8 Å². The summed E-state index contributed by atoms with van der Waals surface area (Å²) in [5.41, 5.74) is 0.721. The first kappa shape index (κ1) is 18.3. The van der Waals surface area contributed by atoms with Crippen LogP contribution >= 0.6 is 11.8 Å². The molecule has 0 saturated heterocycles. The lowest BCUT2D eigenvalue weighted by atomic mass is 9.95. The molecule has 1 aliphatic rings. The van der Waals surface area contributed by atoms with E-state index in [4.69, 9.17) is 0 Å². The molecule has 1 N–H and O–H groups in total. The van der Waals surface area contributed by atoms with E-state index in [0.717, 1.165) is 43.2 Å². The van der Waals surface area contributed by atoms with Crippen molar-refractivity contribution in [2.75, 3.05) is 0 Å². The summed E-state index contributed by atoms with van der Waals surface area (Å²) in [5, 5.41) is 3.99. The van der Waals surface area contributed by atoms with Gasteiger partial charge < -0.3 is 5.32 Å². The van der Waals surface area contributed by atoms with Gasteiger partial charge in [0.15, 0.2) is 0 Å². The van der Waals surface area contributed by atoms with Crippen LogP contribution in [0.15, 0.2) is 59.5 Å². The fourth-order valence-corrected chi connectivity index (χ4v) is 4.43. The zero-order valence-corrected chi connectivity index (χ0v) is 14.7. The first-order valence-corrected chi connectivity index (χ1v) is 9.50. The van der Waals surface area contributed by atoms with Crippen molar-refractivity contribution >= 4 is 11.8 Å². The van der Waals surface area contributed by atoms with Gasteiger partial charge in [-0.2, -0.15) is 13.2 Å². The second-order valence-electron chi connectivity index (χ2n) is 6.48. The Kier molecular flexibility index (Phi) is 6.07. The van der Waals surface area contributed by atoms with Crippen molar-refractivity contribution in [2.24, 2.45) is 0 Å². The third-order valence-electron chi connectivity index (χ3n) is 4.58. The van der Waals surface area contributed by atoms with E-state index in [1.807, 2.05) is 18.2 Å². The zero-order chi connectivity index (χ0) is 17.7. The van der Waals surface area contributed by atoms with Gasteiger partial charge in [0.05, 0.1) is 5.56 Å². The van der Waals surface area contributed by atoms with Gasteiger partial charge in [-0.3, -0.25) is 0 Å². The van der Waals surface area contributed by atoms with Crippen LogP contribution in [0.4, 0.5) is 13.2 Å². The highest BCUT2D eigenvalue weighted by atomic mass is 32.2. The van der Waals surface area contributed by atoms with Crippen molar-refractivity contribution in [3.63, 3.8) is 0 Å². The molecule has 0 atom stereocenters. The van der Waals surface area contributed by atoms with Crippen LogP contribution in [-0.4, -0.2) is 11.3 Å². The quantitative estimate of drug-likeness (QED) is 0.708. The molecule has 0 aliphatic heterocycles. The summed E-state index contributed by atoms with van der Waals surface area (Å²) in [6.45, 7) is 0.872. The van der Waals surface area contributed by atoms with Crippen molar-refractivity contribution in [1.29, 1.82) is 0 Å². The SMILES string of the molecule is FC(F)(F)c1cccc(SC2CCC(NCc3ccccc3)CC2)c1. The number of rotatable bonds is 5. The lowest BCUT2D eigenvalue weighted by Gasteiger charge is -2.29. The molecule has 0 bridgehead atoms. The second kappa shape index (κ2) is 8.28. The third kappa shape index (κ3) is 5.51. The molecule has 0 aromatic heterocycles. The molecule has 0 radical (unpaired) electrons. The van der Waals surface area contributed by atoms with Crippen LogP contribution in [0.1, 0.15) is 36.8 Å². The van der Waals surface area contributed by atoms with Crippen molar-refractivity contribution in [3.05, 3.63) is 65.7 Å². The van der Waals surface area contributed by atoms with E-state index in [9.17, 15) is 13.2 Å². The van der Waals surface area contributed by atoms with Gasteiger partial charge in [-0.15, -0.1) is 11.8 Å². The predicted octanol–water partition coefficient (Wildman–Crippen LogP) is 5.90. The Bertz CT molecular complexity index is 664. The molecular weight excluding hydrogens is 343 g/mol. The third-order valence-corrected chi connectivity index (χ3v) is 5.91. The van der Waals surface area contributed by atoms with Gasteiger partial charge in [0.2, 0.25) is 0 Å². The van der Waals surface area contributed by atoms with Crippen LogP contribution < -0.4 is 5.32 Å². The average molecular weight is 365 g/mol. The lowest BCUT2D eigenvalue weighted by molar-refractivity contribution is -0.137. The van der Waals surface area contributed by atoms with Gasteiger partial charge >= 0.3 is 6.18 Å². The summed E-state index contributed by atoms with van der Waals surface area (Å²) < 4.78 is 38.4. The Morgan fingerprint density at radius 1 is 0.920 bits per heavy atom. The Labute approximate surface area is 151 Å². The van der Waals surface area contributed by atoms with E-state index in [0.29, 0.717) is 11.3 Å². The second-order valence-corrected chi connectivity index (χ2v) is 7.86. The molecule has 0 spiro atoms. The molecule has 5 heteroatoms. The molecule has 2 aromatic rings. The number of benzene rings is 2. The fraction of sp³-hybridized carbons (Fsp3) is 0.400. The summed E-state index contributed by atoms with van der Waals surface area (Å²) in [5.74, 6) is 0. The van der Waals surface area contributed by atoms with E-state index < -0.39 is 11.7 Å². The molecule has 2 aromatic carbocycles. The summed E-state index contributed by atoms with van der Waals surface area (Å²) >= 11 is 1.58. The number of nitrogens with one attached hydrogen (secondary N) is 1. The van der Waals surface area contributed by atoms with Crippen molar-refractivity contribution < 1.29 is 13.2 Å². The molecule has 3 rings (SSSR count). The van der Waals surface area contributed by atoms with Crippen LogP contribution in [-0.2, 0) is 12.7 Å². The molecule has 0 amide bonds. The predicted molar refractivity (Wildman–Crippen MR) is 96.6 cm³/mol. The van der Waals surface area contributed by atoms with E-state index in [1.165, 1.54) is 17.7 Å². The fourth-order valence-electron chi connectivity index (χ4n) is 3.18. The minimum absolute atomic E-state index is 0.401. The minimum atomic E-state index is -4.27. The standard InChI is InChI=1S/C20H22F3NS/c21-20(22,23)16-7-4-8-19(13-16)25-18-11-9-17(10-12-18)24-14-15-5-2-1-3-6-15/h1-8,13,17-18,24H,9-12,14H2. The summed E-state index contributed by atoms with van der Waals surface area (Å²) in [7, 11) is 0. The normalized spacial score (nSPS) is 21.2. The van der Waals surface area contributed by atoms with Gasteiger partial charge in [0.1, 0.15) is 0 Å². The number of thioether (sulfide) groups is 1. The van der Waals surface area contributed by atoms with Gasteiger partial charge in [-0.1, -0.05) is 36.4 Å². The summed E-state index contributed by atoms with van der Waals surface area (Å²) in [6, 6.07) is 16.5. The van der Waals surface area contributed by atoms with Gasteiger partial charge in [-0.05, 0) is 49.4 Å². The highest BCUT2D eigenvalue weighted by Crippen LogP contribution is 2.37. The van der Waals surface area contributed by atoms with Gasteiger partial charge in [0, 0.05) is 22.7 Å². The van der Waals surface area contributed by atoms with Crippen LogP contribution in [0.2, 0.25) is 0 Å². The molecule has 1 saturated carbocycles. The maximum absolute atomic E-state index is 12.8. The van der Waals surface area contributed by atoms with Crippen LogP contribution in [0.25, 0.3) is 0 Å². The van der Waals surface area contributed by atoms with Crippen molar-refractivity contribution in [3.8, 4) is 0 Å². The topological polar surface area (TPSA) is 12.0 Å².